The largest absolute Gasteiger partial charge is 0.426 e. The second-order valence-electron chi connectivity index (χ2n) is 9.51. The van der Waals surface area contributed by atoms with Crippen molar-refractivity contribution in [2.75, 3.05) is 6.61 Å². The van der Waals surface area contributed by atoms with Gasteiger partial charge in [0.25, 0.3) is 0 Å². The summed E-state index contributed by atoms with van der Waals surface area (Å²) in [6.45, 7) is 6.51. The zero-order valence-corrected chi connectivity index (χ0v) is 15.4. The monoisotopic (exact) mass is 350 g/mol. The minimum absolute atomic E-state index is 0.0170. The molecule has 140 valence electrons. The van der Waals surface area contributed by atoms with E-state index in [1.54, 1.807) is 0 Å². The summed E-state index contributed by atoms with van der Waals surface area (Å²) >= 11 is 0. The highest BCUT2D eigenvalue weighted by Gasteiger charge is 2.65. The SMILES string of the molecule is C[C@@H]1C2=CC(=O)O[C@]2(O)C[C@@H]2[C@@H]1[C@H](O)C[C@@H]1[C@@](C)(CO)CCC[C@@]21C. The lowest BCUT2D eigenvalue weighted by molar-refractivity contribution is -0.237. The Morgan fingerprint density at radius 2 is 2.04 bits per heavy atom. The fourth-order valence-electron chi connectivity index (χ4n) is 7.01. The van der Waals surface area contributed by atoms with Crippen molar-refractivity contribution in [2.24, 2.45) is 34.5 Å². The molecule has 1 aliphatic heterocycles. The maximum absolute atomic E-state index is 11.8. The van der Waals surface area contributed by atoms with Gasteiger partial charge in [-0.15, -0.1) is 0 Å². The van der Waals surface area contributed by atoms with Crippen LogP contribution in [0.2, 0.25) is 0 Å². The third kappa shape index (κ3) is 2.22. The molecule has 3 fully saturated rings. The van der Waals surface area contributed by atoms with E-state index >= 15 is 0 Å². The van der Waals surface area contributed by atoms with Gasteiger partial charge in [-0.05, 0) is 53.8 Å². The number of carbonyl (C=O) groups is 1. The minimum Gasteiger partial charge on any atom is -0.426 e. The highest BCUT2D eigenvalue weighted by molar-refractivity contribution is 5.86. The molecule has 0 amide bonds. The van der Waals surface area contributed by atoms with Crippen LogP contribution in [0.1, 0.15) is 52.9 Å². The quantitative estimate of drug-likeness (QED) is 0.630. The lowest BCUT2D eigenvalue weighted by Gasteiger charge is -2.64. The number of aliphatic hydroxyl groups is 3. The molecular formula is C20H30O5. The molecule has 0 saturated heterocycles. The number of aliphatic hydroxyl groups excluding tert-OH is 2. The number of hydrogen-bond acceptors (Lipinski definition) is 5. The summed E-state index contributed by atoms with van der Waals surface area (Å²) in [5.41, 5.74) is 0.345. The third-order valence-electron chi connectivity index (χ3n) is 8.25. The second-order valence-corrected chi connectivity index (χ2v) is 9.51. The van der Waals surface area contributed by atoms with E-state index in [4.69, 9.17) is 4.74 Å². The molecule has 3 saturated carbocycles. The average molecular weight is 350 g/mol. The van der Waals surface area contributed by atoms with Gasteiger partial charge in [0.05, 0.1) is 6.10 Å². The molecule has 0 spiro atoms. The Morgan fingerprint density at radius 1 is 1.32 bits per heavy atom. The van der Waals surface area contributed by atoms with Crippen LogP contribution in [0.15, 0.2) is 11.6 Å². The highest BCUT2D eigenvalue weighted by atomic mass is 16.7. The maximum atomic E-state index is 11.8. The van der Waals surface area contributed by atoms with Gasteiger partial charge in [0, 0.05) is 24.7 Å². The standard InChI is InChI=1S/C20H30O5/c1-11-12-7-16(23)25-20(12,24)9-13-17(11)14(22)8-15-18(2,10-21)5-4-6-19(13,15)3/h7,11,13-15,17,21-22,24H,4-6,8-10H2,1-3H3/t11-,13-,14-,15-,17-,18-,19+,20-/m1/s1. The van der Waals surface area contributed by atoms with Gasteiger partial charge in [-0.3, -0.25) is 0 Å². The van der Waals surface area contributed by atoms with E-state index in [-0.39, 0.29) is 41.1 Å². The molecule has 4 aliphatic rings. The number of ether oxygens (including phenoxy) is 1. The van der Waals surface area contributed by atoms with Gasteiger partial charge in [0.1, 0.15) is 0 Å². The smallest absolute Gasteiger partial charge is 0.333 e. The van der Waals surface area contributed by atoms with E-state index < -0.39 is 17.9 Å². The van der Waals surface area contributed by atoms with Crippen molar-refractivity contribution in [3.05, 3.63) is 11.6 Å². The van der Waals surface area contributed by atoms with E-state index in [0.29, 0.717) is 18.4 Å². The Morgan fingerprint density at radius 3 is 2.72 bits per heavy atom. The molecular weight excluding hydrogens is 320 g/mol. The van der Waals surface area contributed by atoms with Gasteiger partial charge in [-0.2, -0.15) is 0 Å². The topological polar surface area (TPSA) is 87.0 Å². The highest BCUT2D eigenvalue weighted by Crippen LogP contribution is 2.66. The van der Waals surface area contributed by atoms with Crippen LogP contribution in [0.3, 0.4) is 0 Å². The predicted octanol–water partition coefficient (Wildman–Crippen LogP) is 2.00. The van der Waals surface area contributed by atoms with Crippen molar-refractivity contribution < 1.29 is 24.9 Å². The van der Waals surface area contributed by atoms with Crippen molar-refractivity contribution >= 4 is 5.97 Å². The molecule has 25 heavy (non-hydrogen) atoms. The molecule has 0 unspecified atom stereocenters. The molecule has 3 aliphatic carbocycles. The molecule has 8 atom stereocenters. The summed E-state index contributed by atoms with van der Waals surface area (Å²) in [5.74, 6) is -1.81. The van der Waals surface area contributed by atoms with Crippen molar-refractivity contribution in [1.82, 2.24) is 0 Å². The first-order valence-electron chi connectivity index (χ1n) is 9.61. The first-order chi connectivity index (χ1) is 11.6. The Bertz CT molecular complexity index is 630. The van der Waals surface area contributed by atoms with Gasteiger partial charge in [0.15, 0.2) is 0 Å². The molecule has 0 aromatic rings. The molecule has 0 aromatic heterocycles. The first kappa shape index (κ1) is 17.5. The van der Waals surface area contributed by atoms with E-state index in [1.165, 1.54) is 6.08 Å². The molecule has 3 N–H and O–H groups in total. The van der Waals surface area contributed by atoms with Crippen molar-refractivity contribution in [3.63, 3.8) is 0 Å². The van der Waals surface area contributed by atoms with Crippen LogP contribution < -0.4 is 0 Å². The summed E-state index contributed by atoms with van der Waals surface area (Å²) in [6.07, 6.45) is 5.00. The normalized spacial score (nSPS) is 54.9. The van der Waals surface area contributed by atoms with Crippen LogP contribution in [-0.2, 0) is 9.53 Å². The fourth-order valence-corrected chi connectivity index (χ4v) is 7.01. The van der Waals surface area contributed by atoms with Crippen LogP contribution in [0.5, 0.6) is 0 Å². The van der Waals surface area contributed by atoms with Crippen LogP contribution >= 0.6 is 0 Å². The summed E-state index contributed by atoms with van der Waals surface area (Å²) in [6, 6.07) is 0. The van der Waals surface area contributed by atoms with E-state index in [0.717, 1.165) is 19.3 Å². The number of carbonyl (C=O) groups excluding carboxylic acids is 1. The van der Waals surface area contributed by atoms with Gasteiger partial charge < -0.3 is 20.1 Å². The van der Waals surface area contributed by atoms with Gasteiger partial charge in [-0.1, -0.05) is 27.2 Å². The van der Waals surface area contributed by atoms with E-state index in [9.17, 15) is 20.1 Å². The molecule has 0 bridgehead atoms. The molecule has 0 radical (unpaired) electrons. The van der Waals surface area contributed by atoms with Gasteiger partial charge in [-0.25, -0.2) is 4.79 Å². The Balaban J connectivity index is 1.78. The zero-order chi connectivity index (χ0) is 18.2. The Hall–Kier alpha value is -0.910. The van der Waals surface area contributed by atoms with Crippen molar-refractivity contribution in [1.29, 1.82) is 0 Å². The van der Waals surface area contributed by atoms with Gasteiger partial charge in [0.2, 0.25) is 5.79 Å². The van der Waals surface area contributed by atoms with E-state index in [2.05, 4.69) is 13.8 Å². The number of esters is 1. The summed E-state index contributed by atoms with van der Waals surface area (Å²) in [5, 5.41) is 32.1. The lowest BCUT2D eigenvalue weighted by Crippen LogP contribution is -2.62. The van der Waals surface area contributed by atoms with Crippen LogP contribution in [0, 0.1) is 34.5 Å². The second kappa shape index (κ2) is 5.30. The first-order valence-corrected chi connectivity index (χ1v) is 9.61. The lowest BCUT2D eigenvalue weighted by atomic mass is 9.42. The van der Waals surface area contributed by atoms with Crippen molar-refractivity contribution in [2.45, 2.75) is 64.8 Å². The molecule has 5 nitrogen and oxygen atoms in total. The van der Waals surface area contributed by atoms with Crippen LogP contribution in [-0.4, -0.2) is 39.8 Å². The third-order valence-corrected chi connectivity index (χ3v) is 8.25. The summed E-state index contributed by atoms with van der Waals surface area (Å²) in [4.78, 5) is 11.8. The molecule has 5 heteroatoms. The number of fused-ring (bicyclic) bond motifs is 4. The number of rotatable bonds is 1. The predicted molar refractivity (Wildman–Crippen MR) is 91.2 cm³/mol. The molecule has 1 heterocycles. The molecule has 0 aromatic carbocycles. The average Bonchev–Trinajstić information content (AvgIpc) is 2.85. The fraction of sp³-hybridized carbons (Fsp3) is 0.850. The van der Waals surface area contributed by atoms with Gasteiger partial charge >= 0.3 is 5.97 Å². The molecule has 4 rings (SSSR count). The van der Waals surface area contributed by atoms with Crippen molar-refractivity contribution in [3.8, 4) is 0 Å². The zero-order valence-electron chi connectivity index (χ0n) is 15.4. The van der Waals surface area contributed by atoms with Crippen LogP contribution in [0.4, 0.5) is 0 Å². The van der Waals surface area contributed by atoms with E-state index in [1.807, 2.05) is 6.92 Å². The maximum Gasteiger partial charge on any atom is 0.333 e. The summed E-state index contributed by atoms with van der Waals surface area (Å²) in [7, 11) is 0. The Kier molecular flexibility index (Phi) is 3.71. The number of hydrogen-bond donors (Lipinski definition) is 3. The van der Waals surface area contributed by atoms with Crippen LogP contribution in [0.25, 0.3) is 0 Å². The summed E-state index contributed by atoms with van der Waals surface area (Å²) < 4.78 is 5.30. The Labute approximate surface area is 149 Å². The minimum atomic E-state index is -1.52.